The highest BCUT2D eigenvalue weighted by molar-refractivity contribution is 9.10. The predicted octanol–water partition coefficient (Wildman–Crippen LogP) is 2.48. The lowest BCUT2D eigenvalue weighted by atomic mass is 10.1. The minimum absolute atomic E-state index is 0.219. The summed E-state index contributed by atoms with van der Waals surface area (Å²) >= 11 is 3.28. The van der Waals surface area contributed by atoms with Gasteiger partial charge in [-0.3, -0.25) is 4.79 Å². The second kappa shape index (κ2) is 9.16. The largest absolute Gasteiger partial charge is 0.468 e. The molecule has 4 heteroatoms. The molecule has 0 aromatic carbocycles. The molecule has 1 N–H and O–H groups in total. The van der Waals surface area contributed by atoms with Crippen molar-refractivity contribution >= 4 is 21.9 Å². The maximum Gasteiger partial charge on any atom is 0.320 e. The molecule has 0 spiro atoms. The first-order valence-corrected chi connectivity index (χ1v) is 6.48. The van der Waals surface area contributed by atoms with Crippen LogP contribution in [0.1, 0.15) is 39.5 Å². The van der Waals surface area contributed by atoms with Gasteiger partial charge in [0.25, 0.3) is 0 Å². The lowest BCUT2D eigenvalue weighted by molar-refractivity contribution is -0.139. The van der Waals surface area contributed by atoms with Gasteiger partial charge in [0, 0.05) is 12.6 Å². The van der Waals surface area contributed by atoms with Crippen molar-refractivity contribution in [2.75, 3.05) is 13.7 Å². The van der Waals surface area contributed by atoms with E-state index >= 15 is 0 Å². The number of carbonyl (C=O) groups excluding carboxylic acids is 1. The number of alkyl halides is 1. The van der Waals surface area contributed by atoms with Gasteiger partial charge in [0.05, 0.1) is 7.11 Å². The van der Waals surface area contributed by atoms with Crippen molar-refractivity contribution in [3.05, 3.63) is 0 Å². The molecule has 0 aromatic rings. The Morgan fingerprint density at radius 2 is 2.13 bits per heavy atom. The van der Waals surface area contributed by atoms with Gasteiger partial charge in [0.15, 0.2) is 0 Å². The van der Waals surface area contributed by atoms with Crippen molar-refractivity contribution in [3.8, 4) is 0 Å². The second-order valence-electron chi connectivity index (χ2n) is 3.80. The fourth-order valence-corrected chi connectivity index (χ4v) is 1.69. The van der Waals surface area contributed by atoms with Gasteiger partial charge in [-0.15, -0.1) is 0 Å². The Balaban J connectivity index is 3.52. The summed E-state index contributed by atoms with van der Waals surface area (Å²) in [6.45, 7) is 4.97. The monoisotopic (exact) mass is 279 g/mol. The van der Waals surface area contributed by atoms with E-state index in [2.05, 4.69) is 39.8 Å². The molecule has 0 aliphatic heterocycles. The molecule has 2 unspecified atom stereocenters. The molecule has 0 aliphatic rings. The van der Waals surface area contributed by atoms with Crippen LogP contribution in [-0.4, -0.2) is 30.5 Å². The van der Waals surface area contributed by atoms with Gasteiger partial charge in [-0.25, -0.2) is 0 Å². The van der Waals surface area contributed by atoms with Gasteiger partial charge in [-0.2, -0.15) is 0 Å². The van der Waals surface area contributed by atoms with Crippen molar-refractivity contribution in [1.82, 2.24) is 5.32 Å². The van der Waals surface area contributed by atoms with E-state index in [9.17, 15) is 4.79 Å². The van der Waals surface area contributed by atoms with E-state index in [4.69, 9.17) is 0 Å². The number of esters is 1. The minimum Gasteiger partial charge on any atom is -0.468 e. The molecule has 0 heterocycles. The highest BCUT2D eigenvalue weighted by Crippen LogP contribution is 2.05. The molecule has 0 bridgehead atoms. The van der Waals surface area contributed by atoms with Gasteiger partial charge < -0.3 is 10.1 Å². The Morgan fingerprint density at radius 3 is 2.67 bits per heavy atom. The fraction of sp³-hybridized carbons (Fsp3) is 0.909. The number of ether oxygens (including phenoxy) is 1. The molecule has 15 heavy (non-hydrogen) atoms. The first-order valence-electron chi connectivity index (χ1n) is 5.57. The topological polar surface area (TPSA) is 38.3 Å². The smallest absolute Gasteiger partial charge is 0.320 e. The summed E-state index contributed by atoms with van der Waals surface area (Å²) in [4.78, 5) is 10.8. The number of nitrogens with one attached hydrogen (secondary N) is 1. The van der Waals surface area contributed by atoms with Crippen LogP contribution in [0, 0.1) is 0 Å². The molecule has 0 radical (unpaired) electrons. The van der Waals surface area contributed by atoms with Gasteiger partial charge in [-0.1, -0.05) is 42.1 Å². The number of rotatable bonds is 8. The average Bonchev–Trinajstić information content (AvgIpc) is 2.25. The molecule has 0 amide bonds. The van der Waals surface area contributed by atoms with Crippen LogP contribution in [0.5, 0.6) is 0 Å². The molecule has 0 saturated carbocycles. The molecule has 3 nitrogen and oxygen atoms in total. The van der Waals surface area contributed by atoms with E-state index in [0.717, 1.165) is 6.42 Å². The Labute approximate surface area is 101 Å². The molecule has 0 aromatic heterocycles. The van der Waals surface area contributed by atoms with E-state index < -0.39 is 0 Å². The van der Waals surface area contributed by atoms with Crippen molar-refractivity contribution in [3.63, 3.8) is 0 Å². The van der Waals surface area contributed by atoms with Crippen molar-refractivity contribution < 1.29 is 9.53 Å². The highest BCUT2D eigenvalue weighted by Gasteiger charge is 2.15. The molecular weight excluding hydrogens is 258 g/mol. The number of unbranched alkanes of at least 4 members (excludes halogenated alkanes) is 2. The zero-order valence-electron chi connectivity index (χ0n) is 9.88. The van der Waals surface area contributed by atoms with Crippen LogP contribution in [0.4, 0.5) is 0 Å². The summed E-state index contributed by atoms with van der Waals surface area (Å²) in [7, 11) is 1.40. The molecule has 0 fully saturated rings. The van der Waals surface area contributed by atoms with Crippen LogP contribution in [0.3, 0.4) is 0 Å². The molecule has 0 rings (SSSR count). The Kier molecular flexibility index (Phi) is 9.10. The normalized spacial score (nSPS) is 14.7. The third-order valence-corrected chi connectivity index (χ3v) is 3.04. The van der Waals surface area contributed by atoms with E-state index in [1.807, 2.05) is 0 Å². The van der Waals surface area contributed by atoms with Gasteiger partial charge in [0.1, 0.15) is 4.83 Å². The number of methoxy groups -OCH3 is 1. The van der Waals surface area contributed by atoms with E-state index in [1.54, 1.807) is 0 Å². The average molecular weight is 280 g/mol. The van der Waals surface area contributed by atoms with Gasteiger partial charge in [0.2, 0.25) is 0 Å². The van der Waals surface area contributed by atoms with E-state index in [0.29, 0.717) is 12.6 Å². The highest BCUT2D eigenvalue weighted by atomic mass is 79.9. The van der Waals surface area contributed by atoms with Crippen LogP contribution in [0.15, 0.2) is 0 Å². The molecule has 2 atom stereocenters. The summed E-state index contributed by atoms with van der Waals surface area (Å²) < 4.78 is 4.62. The quantitative estimate of drug-likeness (QED) is 0.422. The maximum atomic E-state index is 11.1. The summed E-state index contributed by atoms with van der Waals surface area (Å²) in [6, 6.07) is 0.459. The van der Waals surface area contributed by atoms with Crippen molar-refractivity contribution in [1.29, 1.82) is 0 Å². The maximum absolute atomic E-state index is 11.1. The Morgan fingerprint density at radius 1 is 1.47 bits per heavy atom. The molecule has 0 aliphatic carbocycles. The van der Waals surface area contributed by atoms with Crippen LogP contribution in [0.2, 0.25) is 0 Å². The van der Waals surface area contributed by atoms with Gasteiger partial charge in [-0.05, 0) is 13.3 Å². The summed E-state index contributed by atoms with van der Waals surface area (Å²) in [5.41, 5.74) is 0. The summed E-state index contributed by atoms with van der Waals surface area (Å²) in [6.07, 6.45) is 4.93. The number of halogens is 1. The number of hydrogen-bond acceptors (Lipinski definition) is 3. The molecular formula is C11H22BrNO2. The first kappa shape index (κ1) is 14.9. The van der Waals surface area contributed by atoms with Crippen LogP contribution >= 0.6 is 15.9 Å². The number of hydrogen-bond donors (Lipinski definition) is 1. The summed E-state index contributed by atoms with van der Waals surface area (Å²) in [5.74, 6) is -0.219. The lowest BCUT2D eigenvalue weighted by Crippen LogP contribution is -2.35. The SMILES string of the molecule is CCCCCC(C)NCC(Br)C(=O)OC. The van der Waals surface area contributed by atoms with Gasteiger partial charge >= 0.3 is 5.97 Å². The zero-order valence-corrected chi connectivity index (χ0v) is 11.5. The van der Waals surface area contributed by atoms with E-state index in [-0.39, 0.29) is 10.8 Å². The van der Waals surface area contributed by atoms with E-state index in [1.165, 1.54) is 26.4 Å². The fourth-order valence-electron chi connectivity index (χ4n) is 1.32. The zero-order chi connectivity index (χ0) is 11.7. The first-order chi connectivity index (χ1) is 7.11. The molecule has 90 valence electrons. The van der Waals surface area contributed by atoms with Crippen LogP contribution < -0.4 is 5.32 Å². The standard InChI is InChI=1S/C11H22BrNO2/c1-4-5-6-7-9(2)13-8-10(12)11(14)15-3/h9-10,13H,4-8H2,1-3H3. The minimum atomic E-state index is -0.240. The summed E-state index contributed by atoms with van der Waals surface area (Å²) in [5, 5.41) is 3.31. The lowest BCUT2D eigenvalue weighted by Gasteiger charge is -2.15. The number of carbonyl (C=O) groups is 1. The third kappa shape index (κ3) is 7.79. The molecule has 0 saturated heterocycles. The van der Waals surface area contributed by atoms with Crippen molar-refractivity contribution in [2.45, 2.75) is 50.4 Å². The Hall–Kier alpha value is -0.0900. The Bertz CT molecular complexity index is 176. The second-order valence-corrected chi connectivity index (χ2v) is 4.90. The van der Waals surface area contributed by atoms with Crippen LogP contribution in [-0.2, 0) is 9.53 Å². The predicted molar refractivity (Wildman–Crippen MR) is 66.3 cm³/mol. The third-order valence-electron chi connectivity index (χ3n) is 2.34. The van der Waals surface area contributed by atoms with Crippen molar-refractivity contribution in [2.24, 2.45) is 0 Å². The van der Waals surface area contributed by atoms with Crippen LogP contribution in [0.25, 0.3) is 0 Å².